The molecule has 0 aliphatic carbocycles. The van der Waals surface area contributed by atoms with E-state index < -0.39 is 0 Å². The maximum atomic E-state index is 12.5. The molecule has 20 heavy (non-hydrogen) atoms. The Balaban J connectivity index is 1.63. The minimum atomic E-state index is -0.000779. The van der Waals surface area contributed by atoms with E-state index in [1.807, 2.05) is 12.1 Å². The number of hydrogen-bond donors (Lipinski definition) is 2. The average Bonchev–Trinajstić information content (AvgIpc) is 2.89. The van der Waals surface area contributed by atoms with Gasteiger partial charge in [0.2, 0.25) is 5.91 Å². The summed E-state index contributed by atoms with van der Waals surface area (Å²) in [6.07, 6.45) is 3.32. The first-order chi connectivity index (χ1) is 9.75. The fourth-order valence-corrected chi connectivity index (χ4v) is 3.32. The zero-order valence-electron chi connectivity index (χ0n) is 12.1. The summed E-state index contributed by atoms with van der Waals surface area (Å²) >= 11 is 0. The van der Waals surface area contributed by atoms with Crippen LogP contribution in [0.15, 0.2) is 24.3 Å². The van der Waals surface area contributed by atoms with Gasteiger partial charge in [-0.25, -0.2) is 0 Å². The zero-order chi connectivity index (χ0) is 13.9. The van der Waals surface area contributed by atoms with Crippen molar-refractivity contribution in [3.8, 4) is 0 Å². The van der Waals surface area contributed by atoms with E-state index in [-0.39, 0.29) is 11.8 Å². The Morgan fingerprint density at radius 3 is 3.05 bits per heavy atom. The van der Waals surface area contributed by atoms with Gasteiger partial charge >= 0.3 is 0 Å². The van der Waals surface area contributed by atoms with Gasteiger partial charge in [0.05, 0.1) is 5.92 Å². The number of anilines is 1. The minimum absolute atomic E-state index is 0.000779. The van der Waals surface area contributed by atoms with E-state index in [9.17, 15) is 4.79 Å². The van der Waals surface area contributed by atoms with Crippen molar-refractivity contribution in [2.24, 2.45) is 0 Å². The Bertz CT molecular complexity index is 488. The SMILES string of the molecule is CN1CCCC1CNC(=O)C1CCNc2ccccc21. The van der Waals surface area contributed by atoms with Crippen LogP contribution < -0.4 is 10.6 Å². The van der Waals surface area contributed by atoms with Gasteiger partial charge < -0.3 is 15.5 Å². The number of nitrogens with one attached hydrogen (secondary N) is 2. The van der Waals surface area contributed by atoms with Gasteiger partial charge in [0.1, 0.15) is 0 Å². The van der Waals surface area contributed by atoms with Crippen molar-refractivity contribution in [2.45, 2.75) is 31.2 Å². The van der Waals surface area contributed by atoms with Crippen molar-refractivity contribution < 1.29 is 4.79 Å². The molecular formula is C16H23N3O. The lowest BCUT2D eigenvalue weighted by Crippen LogP contribution is -2.41. The number of fused-ring (bicyclic) bond motifs is 1. The number of likely N-dealkylation sites (tertiary alicyclic amines) is 1. The molecule has 1 saturated heterocycles. The molecule has 2 N–H and O–H groups in total. The normalized spacial score (nSPS) is 25.9. The number of rotatable bonds is 3. The van der Waals surface area contributed by atoms with E-state index in [4.69, 9.17) is 0 Å². The second-order valence-corrected chi connectivity index (χ2v) is 5.88. The van der Waals surface area contributed by atoms with Crippen LogP contribution in [-0.4, -0.2) is 43.5 Å². The molecule has 4 heteroatoms. The first-order valence-electron chi connectivity index (χ1n) is 7.56. The summed E-state index contributed by atoms with van der Waals surface area (Å²) < 4.78 is 0. The summed E-state index contributed by atoms with van der Waals surface area (Å²) in [5, 5.41) is 6.52. The van der Waals surface area contributed by atoms with Crippen LogP contribution in [0.1, 0.15) is 30.7 Å². The molecule has 4 nitrogen and oxygen atoms in total. The van der Waals surface area contributed by atoms with Crippen LogP contribution in [0, 0.1) is 0 Å². The molecule has 0 saturated carbocycles. The maximum Gasteiger partial charge on any atom is 0.227 e. The largest absolute Gasteiger partial charge is 0.385 e. The van der Waals surface area contributed by atoms with E-state index in [0.717, 1.165) is 37.3 Å². The van der Waals surface area contributed by atoms with Crippen LogP contribution in [0.5, 0.6) is 0 Å². The second kappa shape index (κ2) is 5.83. The van der Waals surface area contributed by atoms with Crippen molar-refractivity contribution >= 4 is 11.6 Å². The van der Waals surface area contributed by atoms with Crippen LogP contribution in [-0.2, 0) is 4.79 Å². The Labute approximate surface area is 120 Å². The summed E-state index contributed by atoms with van der Waals surface area (Å²) in [4.78, 5) is 14.8. The lowest BCUT2D eigenvalue weighted by molar-refractivity contribution is -0.122. The summed E-state index contributed by atoms with van der Waals surface area (Å²) in [6.45, 7) is 2.80. The fraction of sp³-hybridized carbons (Fsp3) is 0.562. The molecular weight excluding hydrogens is 250 g/mol. The van der Waals surface area contributed by atoms with Gasteiger partial charge in [0.25, 0.3) is 0 Å². The third-order valence-corrected chi connectivity index (χ3v) is 4.58. The lowest BCUT2D eigenvalue weighted by Gasteiger charge is -2.27. The van der Waals surface area contributed by atoms with Gasteiger partial charge in [-0.1, -0.05) is 18.2 Å². The highest BCUT2D eigenvalue weighted by molar-refractivity contribution is 5.86. The summed E-state index contributed by atoms with van der Waals surface area (Å²) in [7, 11) is 2.14. The van der Waals surface area contributed by atoms with Crippen LogP contribution in [0.2, 0.25) is 0 Å². The third kappa shape index (κ3) is 2.66. The number of benzene rings is 1. The Morgan fingerprint density at radius 1 is 1.40 bits per heavy atom. The fourth-order valence-electron chi connectivity index (χ4n) is 3.32. The molecule has 0 aromatic heterocycles. The second-order valence-electron chi connectivity index (χ2n) is 5.88. The van der Waals surface area contributed by atoms with Crippen LogP contribution in [0.4, 0.5) is 5.69 Å². The molecule has 1 fully saturated rings. The van der Waals surface area contributed by atoms with E-state index >= 15 is 0 Å². The molecule has 108 valence electrons. The molecule has 2 unspecified atom stereocenters. The third-order valence-electron chi connectivity index (χ3n) is 4.58. The monoisotopic (exact) mass is 273 g/mol. The Morgan fingerprint density at radius 2 is 2.25 bits per heavy atom. The van der Waals surface area contributed by atoms with E-state index in [0.29, 0.717) is 6.04 Å². The maximum absolute atomic E-state index is 12.5. The standard InChI is InChI=1S/C16H23N3O/c1-19-10-4-5-12(19)11-18-16(20)14-8-9-17-15-7-3-2-6-13(14)15/h2-3,6-7,12,14,17H,4-5,8-11H2,1H3,(H,18,20). The molecule has 0 bridgehead atoms. The minimum Gasteiger partial charge on any atom is -0.385 e. The Kier molecular flexibility index (Phi) is 3.92. The predicted octanol–water partition coefficient (Wildman–Crippen LogP) is 1.80. The van der Waals surface area contributed by atoms with Crippen LogP contribution >= 0.6 is 0 Å². The molecule has 2 aliphatic rings. The molecule has 2 aliphatic heterocycles. The van der Waals surface area contributed by atoms with Gasteiger partial charge in [0, 0.05) is 24.8 Å². The molecule has 1 aromatic carbocycles. The number of likely N-dealkylation sites (N-methyl/N-ethyl adjacent to an activating group) is 1. The first-order valence-corrected chi connectivity index (χ1v) is 7.56. The predicted molar refractivity (Wildman–Crippen MR) is 81.0 cm³/mol. The van der Waals surface area contributed by atoms with Crippen molar-refractivity contribution in [2.75, 3.05) is 32.0 Å². The van der Waals surface area contributed by atoms with E-state index in [2.05, 4.69) is 34.7 Å². The number of nitrogens with zero attached hydrogens (tertiary/aromatic N) is 1. The molecule has 2 atom stereocenters. The molecule has 0 spiro atoms. The molecule has 2 heterocycles. The van der Waals surface area contributed by atoms with Crippen molar-refractivity contribution in [3.05, 3.63) is 29.8 Å². The number of para-hydroxylation sites is 1. The van der Waals surface area contributed by atoms with Crippen molar-refractivity contribution in [1.82, 2.24) is 10.2 Å². The number of carbonyl (C=O) groups is 1. The van der Waals surface area contributed by atoms with Crippen molar-refractivity contribution in [1.29, 1.82) is 0 Å². The number of hydrogen-bond acceptors (Lipinski definition) is 3. The highest BCUT2D eigenvalue weighted by Crippen LogP contribution is 2.31. The topological polar surface area (TPSA) is 44.4 Å². The van der Waals surface area contributed by atoms with Crippen LogP contribution in [0.25, 0.3) is 0 Å². The number of amides is 1. The number of carbonyl (C=O) groups excluding carboxylic acids is 1. The lowest BCUT2D eigenvalue weighted by atomic mass is 9.90. The van der Waals surface area contributed by atoms with E-state index in [1.165, 1.54) is 12.8 Å². The smallest absolute Gasteiger partial charge is 0.227 e. The Hall–Kier alpha value is -1.55. The molecule has 1 amide bonds. The van der Waals surface area contributed by atoms with Gasteiger partial charge in [-0.15, -0.1) is 0 Å². The van der Waals surface area contributed by atoms with Gasteiger partial charge in [-0.05, 0) is 44.5 Å². The first kappa shape index (κ1) is 13.4. The summed E-state index contributed by atoms with van der Waals surface area (Å²) in [6, 6.07) is 8.65. The van der Waals surface area contributed by atoms with Crippen LogP contribution in [0.3, 0.4) is 0 Å². The average molecular weight is 273 g/mol. The molecule has 1 aromatic rings. The van der Waals surface area contributed by atoms with Gasteiger partial charge in [-0.2, -0.15) is 0 Å². The highest BCUT2D eigenvalue weighted by atomic mass is 16.1. The van der Waals surface area contributed by atoms with Gasteiger partial charge in [-0.3, -0.25) is 4.79 Å². The molecule has 3 rings (SSSR count). The molecule has 0 radical (unpaired) electrons. The van der Waals surface area contributed by atoms with E-state index in [1.54, 1.807) is 0 Å². The zero-order valence-corrected chi connectivity index (χ0v) is 12.1. The van der Waals surface area contributed by atoms with Crippen molar-refractivity contribution in [3.63, 3.8) is 0 Å². The summed E-state index contributed by atoms with van der Waals surface area (Å²) in [5.74, 6) is 0.179. The highest BCUT2D eigenvalue weighted by Gasteiger charge is 2.27. The summed E-state index contributed by atoms with van der Waals surface area (Å²) in [5.41, 5.74) is 2.24. The van der Waals surface area contributed by atoms with Gasteiger partial charge in [0.15, 0.2) is 0 Å². The quantitative estimate of drug-likeness (QED) is 0.882.